The number of carboxylic acid groups (broad SMARTS) is 1. The number of hydrogen-bond donors (Lipinski definition) is 3. The number of hydrogen-bond acceptors (Lipinski definition) is 5. The molecule has 3 N–H and O–H groups in total. The van der Waals surface area contributed by atoms with E-state index in [1.54, 1.807) is 6.07 Å². The van der Waals surface area contributed by atoms with Gasteiger partial charge in [-0.15, -0.1) is 0 Å². The van der Waals surface area contributed by atoms with E-state index in [-0.39, 0.29) is 5.57 Å². The lowest BCUT2D eigenvalue weighted by atomic mass is 10.1. The quantitative estimate of drug-likeness (QED) is 0.493. The first-order chi connectivity index (χ1) is 11.4. The Morgan fingerprint density at radius 2 is 2.12 bits per heavy atom. The lowest BCUT2D eigenvalue weighted by Crippen LogP contribution is -2.41. The van der Waals surface area contributed by atoms with E-state index in [1.807, 2.05) is 38.3 Å². The van der Waals surface area contributed by atoms with Crippen molar-refractivity contribution in [1.82, 2.24) is 5.32 Å². The normalized spacial score (nSPS) is 12.2. The number of nitriles is 1. The Morgan fingerprint density at radius 1 is 1.42 bits per heavy atom. The first-order valence-electron chi connectivity index (χ1n) is 7.35. The van der Waals surface area contributed by atoms with Gasteiger partial charge >= 0.3 is 5.97 Å². The van der Waals surface area contributed by atoms with Crippen molar-refractivity contribution in [3.05, 3.63) is 41.1 Å². The molecule has 0 aliphatic heterocycles. The van der Waals surface area contributed by atoms with Crippen LogP contribution in [0.4, 0.5) is 5.69 Å². The van der Waals surface area contributed by atoms with E-state index < -0.39 is 17.9 Å². The van der Waals surface area contributed by atoms with Gasteiger partial charge in [0.15, 0.2) is 0 Å². The number of aliphatic carboxylic acids is 1. The topological polar surface area (TPSA) is 102 Å². The number of benzene rings is 1. The summed E-state index contributed by atoms with van der Waals surface area (Å²) < 4.78 is 0. The Morgan fingerprint density at radius 3 is 2.67 bits per heavy atom. The lowest BCUT2D eigenvalue weighted by Gasteiger charge is -2.13. The Labute approximate surface area is 145 Å². The minimum Gasteiger partial charge on any atom is -0.480 e. The molecule has 1 aromatic rings. The van der Waals surface area contributed by atoms with Gasteiger partial charge in [-0.2, -0.15) is 17.0 Å². The molecule has 0 heterocycles. The van der Waals surface area contributed by atoms with Crippen molar-refractivity contribution in [1.29, 1.82) is 5.26 Å². The second kappa shape index (κ2) is 9.63. The van der Waals surface area contributed by atoms with Crippen LogP contribution in [-0.2, 0) is 9.59 Å². The molecule has 0 saturated heterocycles. The number of anilines is 1. The van der Waals surface area contributed by atoms with Crippen LogP contribution in [0.15, 0.2) is 30.0 Å². The van der Waals surface area contributed by atoms with Crippen LogP contribution in [0, 0.1) is 25.2 Å². The number of carboxylic acids is 1. The van der Waals surface area contributed by atoms with E-state index in [0.29, 0.717) is 12.2 Å². The van der Waals surface area contributed by atoms with E-state index in [4.69, 9.17) is 10.4 Å². The highest BCUT2D eigenvalue weighted by Gasteiger charge is 2.21. The number of nitrogens with one attached hydrogen (secondary N) is 2. The molecule has 0 bridgehead atoms. The molecule has 0 aliphatic carbocycles. The SMILES string of the molecule is CSCCC(NC(=O)/C(C#N)=C\Nc1ccc(C)cc1C)C(=O)O. The number of carbonyl (C=O) groups is 2. The van der Waals surface area contributed by atoms with Gasteiger partial charge in [0.25, 0.3) is 5.91 Å². The number of amides is 1. The molecule has 0 saturated carbocycles. The molecule has 7 heteroatoms. The molecule has 1 rings (SSSR count). The van der Waals surface area contributed by atoms with Gasteiger partial charge in [0.1, 0.15) is 17.7 Å². The summed E-state index contributed by atoms with van der Waals surface area (Å²) in [7, 11) is 0. The molecule has 0 spiro atoms. The molecule has 1 atom stereocenters. The monoisotopic (exact) mass is 347 g/mol. The van der Waals surface area contributed by atoms with E-state index in [9.17, 15) is 9.59 Å². The van der Waals surface area contributed by atoms with Gasteiger partial charge in [0.2, 0.25) is 0 Å². The van der Waals surface area contributed by atoms with Crippen LogP contribution < -0.4 is 10.6 Å². The standard InChI is InChI=1S/C17H21N3O3S/c1-11-4-5-14(12(2)8-11)19-10-13(9-18)16(21)20-15(17(22)23)6-7-24-3/h4-5,8,10,15,19H,6-7H2,1-3H3,(H,20,21)(H,22,23)/b13-10-. The van der Waals surface area contributed by atoms with Crippen molar-refractivity contribution < 1.29 is 14.7 Å². The Hall–Kier alpha value is -2.46. The molecule has 1 amide bonds. The van der Waals surface area contributed by atoms with Crippen LogP contribution in [0.25, 0.3) is 0 Å². The molecule has 24 heavy (non-hydrogen) atoms. The average molecular weight is 347 g/mol. The summed E-state index contributed by atoms with van der Waals surface area (Å²) in [6, 6.07) is 6.53. The van der Waals surface area contributed by atoms with Gasteiger partial charge in [-0.25, -0.2) is 4.79 Å². The number of nitrogens with zero attached hydrogens (tertiary/aromatic N) is 1. The minimum absolute atomic E-state index is 0.176. The van der Waals surface area contributed by atoms with Crippen molar-refractivity contribution in [2.24, 2.45) is 0 Å². The maximum atomic E-state index is 12.1. The molecule has 0 radical (unpaired) electrons. The van der Waals surface area contributed by atoms with E-state index in [2.05, 4.69) is 10.6 Å². The summed E-state index contributed by atoms with van der Waals surface area (Å²) in [5, 5.41) is 23.6. The van der Waals surface area contributed by atoms with Crippen LogP contribution in [0.2, 0.25) is 0 Å². The smallest absolute Gasteiger partial charge is 0.326 e. The van der Waals surface area contributed by atoms with Crippen LogP contribution in [0.3, 0.4) is 0 Å². The molecule has 1 aromatic carbocycles. The molecular weight excluding hydrogens is 326 g/mol. The molecular formula is C17H21N3O3S. The number of aryl methyl sites for hydroxylation is 2. The summed E-state index contributed by atoms with van der Waals surface area (Å²) in [6.45, 7) is 3.89. The fraction of sp³-hybridized carbons (Fsp3) is 0.353. The fourth-order valence-electron chi connectivity index (χ4n) is 2.00. The predicted octanol–water partition coefficient (Wildman–Crippen LogP) is 2.45. The average Bonchev–Trinajstić information content (AvgIpc) is 2.53. The van der Waals surface area contributed by atoms with Gasteiger partial charge in [0, 0.05) is 11.9 Å². The van der Waals surface area contributed by atoms with E-state index >= 15 is 0 Å². The number of rotatable bonds is 8. The van der Waals surface area contributed by atoms with E-state index in [1.165, 1.54) is 18.0 Å². The first kappa shape index (κ1) is 19.6. The third kappa shape index (κ3) is 5.97. The van der Waals surface area contributed by atoms with Gasteiger partial charge in [-0.05, 0) is 43.9 Å². The third-order valence-corrected chi connectivity index (χ3v) is 3.98. The Bertz CT molecular complexity index is 680. The molecule has 0 aromatic heterocycles. The number of carbonyl (C=O) groups excluding carboxylic acids is 1. The molecule has 0 aliphatic rings. The summed E-state index contributed by atoms with van der Waals surface area (Å²) in [4.78, 5) is 23.3. The Kier molecular flexibility index (Phi) is 7.86. The first-order valence-corrected chi connectivity index (χ1v) is 8.75. The maximum Gasteiger partial charge on any atom is 0.326 e. The zero-order valence-corrected chi connectivity index (χ0v) is 14.7. The van der Waals surface area contributed by atoms with Crippen LogP contribution in [0.1, 0.15) is 17.5 Å². The summed E-state index contributed by atoms with van der Waals surface area (Å²) >= 11 is 1.49. The highest BCUT2D eigenvalue weighted by atomic mass is 32.2. The molecule has 1 unspecified atom stereocenters. The summed E-state index contributed by atoms with van der Waals surface area (Å²) in [5.74, 6) is -1.22. The van der Waals surface area contributed by atoms with Crippen molar-refractivity contribution in [3.63, 3.8) is 0 Å². The predicted molar refractivity (Wildman–Crippen MR) is 95.8 cm³/mol. The highest BCUT2D eigenvalue weighted by Crippen LogP contribution is 2.16. The van der Waals surface area contributed by atoms with Gasteiger partial charge < -0.3 is 15.7 Å². The summed E-state index contributed by atoms with van der Waals surface area (Å²) in [5.41, 5.74) is 2.69. The minimum atomic E-state index is -1.11. The largest absolute Gasteiger partial charge is 0.480 e. The van der Waals surface area contributed by atoms with Crippen LogP contribution >= 0.6 is 11.8 Å². The van der Waals surface area contributed by atoms with Gasteiger partial charge in [-0.3, -0.25) is 4.79 Å². The maximum absolute atomic E-state index is 12.1. The van der Waals surface area contributed by atoms with Gasteiger partial charge in [-0.1, -0.05) is 17.7 Å². The Balaban J connectivity index is 2.81. The zero-order chi connectivity index (χ0) is 18.1. The number of thioether (sulfide) groups is 1. The fourth-order valence-corrected chi connectivity index (χ4v) is 2.47. The third-order valence-electron chi connectivity index (χ3n) is 3.33. The molecule has 0 fully saturated rings. The molecule has 6 nitrogen and oxygen atoms in total. The van der Waals surface area contributed by atoms with Crippen LogP contribution in [0.5, 0.6) is 0 Å². The lowest BCUT2D eigenvalue weighted by molar-refractivity contribution is -0.141. The summed E-state index contributed by atoms with van der Waals surface area (Å²) in [6.07, 6.45) is 3.45. The van der Waals surface area contributed by atoms with Crippen LogP contribution in [-0.4, -0.2) is 35.0 Å². The van der Waals surface area contributed by atoms with Crippen molar-refractivity contribution >= 4 is 29.3 Å². The van der Waals surface area contributed by atoms with Crippen molar-refractivity contribution in [2.45, 2.75) is 26.3 Å². The highest BCUT2D eigenvalue weighted by molar-refractivity contribution is 7.98. The van der Waals surface area contributed by atoms with E-state index in [0.717, 1.165) is 16.8 Å². The zero-order valence-electron chi connectivity index (χ0n) is 13.9. The van der Waals surface area contributed by atoms with Crippen molar-refractivity contribution in [3.8, 4) is 6.07 Å². The van der Waals surface area contributed by atoms with Crippen molar-refractivity contribution in [2.75, 3.05) is 17.3 Å². The second-order valence-corrected chi connectivity index (χ2v) is 6.26. The second-order valence-electron chi connectivity index (χ2n) is 5.28. The molecule has 128 valence electrons. The van der Waals surface area contributed by atoms with Gasteiger partial charge in [0.05, 0.1) is 0 Å².